The van der Waals surface area contributed by atoms with Gasteiger partial charge < -0.3 is 5.32 Å². The molecule has 0 aliphatic rings. The fraction of sp³-hybridized carbons (Fsp3) is 0.0909. The Labute approximate surface area is 183 Å². The van der Waals surface area contributed by atoms with E-state index in [0.717, 1.165) is 16.8 Å². The lowest BCUT2D eigenvalue weighted by molar-refractivity contribution is 0.102. The summed E-state index contributed by atoms with van der Waals surface area (Å²) in [5, 5.41) is 16.1. The predicted molar refractivity (Wildman–Crippen MR) is 119 cm³/mol. The van der Waals surface area contributed by atoms with E-state index in [0.29, 0.717) is 27.2 Å². The van der Waals surface area contributed by atoms with Crippen molar-refractivity contribution in [3.05, 3.63) is 94.5 Å². The molecular formula is C22H18ClN5OS. The molecule has 3 aromatic carbocycles. The first-order chi connectivity index (χ1) is 14.6. The number of nitrogens with zero attached hydrogens (tertiary/aromatic N) is 4. The second-order valence-electron chi connectivity index (χ2n) is 6.61. The van der Waals surface area contributed by atoms with Crippen LogP contribution in [0.15, 0.2) is 78.0 Å². The number of nitrogens with one attached hydrogen (secondary N) is 1. The topological polar surface area (TPSA) is 72.7 Å². The molecule has 0 saturated heterocycles. The van der Waals surface area contributed by atoms with Crippen molar-refractivity contribution in [2.24, 2.45) is 0 Å². The number of aromatic nitrogens is 4. The zero-order valence-corrected chi connectivity index (χ0v) is 17.7. The highest BCUT2D eigenvalue weighted by atomic mass is 35.5. The summed E-state index contributed by atoms with van der Waals surface area (Å²) in [4.78, 5) is 12.5. The first kappa shape index (κ1) is 20.1. The molecule has 1 amide bonds. The molecule has 6 nitrogen and oxygen atoms in total. The van der Waals surface area contributed by atoms with Crippen molar-refractivity contribution in [1.82, 2.24) is 20.2 Å². The molecule has 1 aromatic heterocycles. The van der Waals surface area contributed by atoms with E-state index in [1.807, 2.05) is 67.6 Å². The summed E-state index contributed by atoms with van der Waals surface area (Å²) >= 11 is 7.56. The highest BCUT2D eigenvalue weighted by molar-refractivity contribution is 7.98. The number of halogens is 1. The smallest absolute Gasteiger partial charge is 0.255 e. The summed E-state index contributed by atoms with van der Waals surface area (Å²) in [6, 6.07) is 22.7. The Morgan fingerprint density at radius 2 is 1.83 bits per heavy atom. The van der Waals surface area contributed by atoms with Gasteiger partial charge in [-0.2, -0.15) is 4.68 Å². The summed E-state index contributed by atoms with van der Waals surface area (Å²) in [5.41, 5.74) is 4.22. The monoisotopic (exact) mass is 435 g/mol. The Morgan fingerprint density at radius 1 is 1.07 bits per heavy atom. The average molecular weight is 436 g/mol. The van der Waals surface area contributed by atoms with E-state index in [2.05, 4.69) is 20.8 Å². The number of amides is 1. The number of hydrogen-bond acceptors (Lipinski definition) is 5. The number of para-hydroxylation sites is 1. The standard InChI is InChI=1S/C22H18ClN5OS/c1-15-7-12-18(23)13-20(15)24-21(29)17-10-8-16(9-11-17)14-30-22-25-26-27-28(22)19-5-3-2-4-6-19/h2-13H,14H2,1H3,(H,24,29). The second-order valence-corrected chi connectivity index (χ2v) is 7.99. The molecule has 0 unspecified atom stereocenters. The largest absolute Gasteiger partial charge is 0.322 e. The van der Waals surface area contributed by atoms with Gasteiger partial charge in [-0.25, -0.2) is 0 Å². The molecule has 1 N–H and O–H groups in total. The molecule has 0 bridgehead atoms. The first-order valence-corrected chi connectivity index (χ1v) is 10.6. The minimum absolute atomic E-state index is 0.174. The number of thioether (sulfide) groups is 1. The maximum Gasteiger partial charge on any atom is 0.255 e. The molecule has 0 radical (unpaired) electrons. The minimum Gasteiger partial charge on any atom is -0.322 e. The van der Waals surface area contributed by atoms with Gasteiger partial charge in [0.1, 0.15) is 0 Å². The molecule has 30 heavy (non-hydrogen) atoms. The third-order valence-electron chi connectivity index (χ3n) is 4.47. The van der Waals surface area contributed by atoms with Gasteiger partial charge in [-0.15, -0.1) is 5.10 Å². The Hall–Kier alpha value is -3.16. The summed E-state index contributed by atoms with van der Waals surface area (Å²) in [5.74, 6) is 0.510. The van der Waals surface area contributed by atoms with Crippen LogP contribution >= 0.6 is 23.4 Å². The Kier molecular flexibility index (Phi) is 6.11. The number of tetrazole rings is 1. The number of carbonyl (C=O) groups excluding carboxylic acids is 1. The lowest BCUT2D eigenvalue weighted by Crippen LogP contribution is -2.12. The molecule has 4 rings (SSSR count). The van der Waals surface area contributed by atoms with Crippen molar-refractivity contribution in [3.63, 3.8) is 0 Å². The van der Waals surface area contributed by atoms with E-state index < -0.39 is 0 Å². The zero-order chi connectivity index (χ0) is 20.9. The number of benzene rings is 3. The second kappa shape index (κ2) is 9.11. The number of aryl methyl sites for hydroxylation is 1. The van der Waals surface area contributed by atoms with E-state index in [4.69, 9.17) is 11.6 Å². The molecule has 8 heteroatoms. The van der Waals surface area contributed by atoms with Crippen LogP contribution in [0.1, 0.15) is 21.5 Å². The van der Waals surface area contributed by atoms with Crippen molar-refractivity contribution in [2.45, 2.75) is 17.8 Å². The van der Waals surface area contributed by atoms with Crippen LogP contribution in [0.4, 0.5) is 5.69 Å². The van der Waals surface area contributed by atoms with Crippen LogP contribution in [-0.4, -0.2) is 26.1 Å². The van der Waals surface area contributed by atoms with Gasteiger partial charge >= 0.3 is 0 Å². The first-order valence-electron chi connectivity index (χ1n) is 9.23. The molecule has 0 aliphatic heterocycles. The number of carbonyl (C=O) groups is 1. The van der Waals surface area contributed by atoms with E-state index in [9.17, 15) is 4.79 Å². The molecule has 0 spiro atoms. The van der Waals surface area contributed by atoms with Gasteiger partial charge in [-0.1, -0.05) is 59.8 Å². The van der Waals surface area contributed by atoms with Crippen molar-refractivity contribution in [2.75, 3.05) is 5.32 Å². The van der Waals surface area contributed by atoms with Gasteiger partial charge in [0, 0.05) is 22.0 Å². The highest BCUT2D eigenvalue weighted by Crippen LogP contribution is 2.24. The number of anilines is 1. The Balaban J connectivity index is 1.41. The Morgan fingerprint density at radius 3 is 2.60 bits per heavy atom. The zero-order valence-electron chi connectivity index (χ0n) is 16.1. The lowest BCUT2D eigenvalue weighted by atomic mass is 10.1. The van der Waals surface area contributed by atoms with Crippen molar-refractivity contribution < 1.29 is 4.79 Å². The third kappa shape index (κ3) is 4.69. The van der Waals surface area contributed by atoms with Gasteiger partial charge in [0.15, 0.2) is 0 Å². The van der Waals surface area contributed by atoms with E-state index in [-0.39, 0.29) is 5.91 Å². The molecule has 4 aromatic rings. The van der Waals surface area contributed by atoms with Crippen LogP contribution in [0, 0.1) is 6.92 Å². The van der Waals surface area contributed by atoms with Crippen LogP contribution in [0.3, 0.4) is 0 Å². The molecular weight excluding hydrogens is 418 g/mol. The van der Waals surface area contributed by atoms with Crippen LogP contribution < -0.4 is 5.32 Å². The van der Waals surface area contributed by atoms with Crippen molar-refractivity contribution in [3.8, 4) is 5.69 Å². The van der Waals surface area contributed by atoms with Crippen LogP contribution in [0.25, 0.3) is 5.69 Å². The predicted octanol–water partition coefficient (Wildman–Crippen LogP) is 5.17. The normalized spacial score (nSPS) is 10.7. The summed E-state index contributed by atoms with van der Waals surface area (Å²) in [7, 11) is 0. The summed E-state index contributed by atoms with van der Waals surface area (Å²) in [6.45, 7) is 1.93. The number of rotatable bonds is 6. The van der Waals surface area contributed by atoms with Gasteiger partial charge in [0.2, 0.25) is 5.16 Å². The lowest BCUT2D eigenvalue weighted by Gasteiger charge is -2.09. The van der Waals surface area contributed by atoms with Gasteiger partial charge in [-0.05, 0) is 64.9 Å². The molecule has 1 heterocycles. The SMILES string of the molecule is Cc1ccc(Cl)cc1NC(=O)c1ccc(CSc2nnnn2-c2ccccc2)cc1. The Bertz CT molecular complexity index is 1160. The fourth-order valence-corrected chi connectivity index (χ4v) is 3.84. The van der Waals surface area contributed by atoms with Crippen LogP contribution in [0.2, 0.25) is 5.02 Å². The van der Waals surface area contributed by atoms with Crippen LogP contribution in [-0.2, 0) is 5.75 Å². The molecule has 0 fully saturated rings. The summed E-state index contributed by atoms with van der Waals surface area (Å²) < 4.78 is 1.71. The highest BCUT2D eigenvalue weighted by Gasteiger charge is 2.11. The average Bonchev–Trinajstić information content (AvgIpc) is 3.24. The van der Waals surface area contributed by atoms with Gasteiger partial charge in [0.25, 0.3) is 5.91 Å². The van der Waals surface area contributed by atoms with Gasteiger partial charge in [0.05, 0.1) is 5.69 Å². The van der Waals surface area contributed by atoms with E-state index >= 15 is 0 Å². The number of hydrogen-bond donors (Lipinski definition) is 1. The van der Waals surface area contributed by atoms with Crippen LogP contribution in [0.5, 0.6) is 0 Å². The molecule has 150 valence electrons. The summed E-state index contributed by atoms with van der Waals surface area (Å²) in [6.07, 6.45) is 0. The van der Waals surface area contributed by atoms with Gasteiger partial charge in [-0.3, -0.25) is 4.79 Å². The molecule has 0 atom stereocenters. The van der Waals surface area contributed by atoms with E-state index in [1.54, 1.807) is 16.8 Å². The molecule has 0 saturated carbocycles. The maximum absolute atomic E-state index is 12.5. The van der Waals surface area contributed by atoms with Crippen molar-refractivity contribution in [1.29, 1.82) is 0 Å². The quantitative estimate of drug-likeness (QED) is 0.423. The van der Waals surface area contributed by atoms with Crippen molar-refractivity contribution >= 4 is 35.0 Å². The molecule has 0 aliphatic carbocycles. The third-order valence-corrected chi connectivity index (χ3v) is 5.70. The minimum atomic E-state index is -0.174. The maximum atomic E-state index is 12.5. The van der Waals surface area contributed by atoms with E-state index in [1.165, 1.54) is 11.8 Å². The fourth-order valence-electron chi connectivity index (χ4n) is 2.82.